The standard InChI is InChI=1S/C21H27N3O4S/c1-15(2)14-22-20(25)17-12-8-9-13-18(17)23-21(26)19(24(3)29(4,27)28)16-10-6-5-7-11-16/h5-13,15,19H,14H2,1-4H3,(H,22,25)(H,23,26). The molecule has 2 aromatic rings. The number of hydrogen-bond donors (Lipinski definition) is 2. The van der Waals surface area contributed by atoms with Gasteiger partial charge in [0.05, 0.1) is 17.5 Å². The first-order chi connectivity index (χ1) is 13.6. The van der Waals surface area contributed by atoms with Crippen LogP contribution in [0.15, 0.2) is 54.6 Å². The van der Waals surface area contributed by atoms with Crippen LogP contribution in [0.5, 0.6) is 0 Å². The summed E-state index contributed by atoms with van der Waals surface area (Å²) in [5.74, 6) is -0.567. The Morgan fingerprint density at radius 2 is 1.59 bits per heavy atom. The van der Waals surface area contributed by atoms with E-state index < -0.39 is 22.0 Å². The molecule has 0 aliphatic rings. The number of sulfonamides is 1. The van der Waals surface area contributed by atoms with Gasteiger partial charge in [0.1, 0.15) is 6.04 Å². The third kappa shape index (κ3) is 6.13. The first-order valence-corrected chi connectivity index (χ1v) is 11.1. The van der Waals surface area contributed by atoms with Crippen LogP contribution in [0.2, 0.25) is 0 Å². The van der Waals surface area contributed by atoms with E-state index in [-0.39, 0.29) is 11.8 Å². The highest BCUT2D eigenvalue weighted by Gasteiger charge is 2.31. The van der Waals surface area contributed by atoms with Crippen LogP contribution < -0.4 is 10.6 Å². The maximum absolute atomic E-state index is 13.1. The van der Waals surface area contributed by atoms with Crippen LogP contribution in [-0.2, 0) is 14.8 Å². The first kappa shape index (κ1) is 22.6. The quantitative estimate of drug-likeness (QED) is 0.690. The van der Waals surface area contributed by atoms with Crippen molar-refractivity contribution in [3.63, 3.8) is 0 Å². The highest BCUT2D eigenvalue weighted by atomic mass is 32.2. The molecule has 156 valence electrons. The number of likely N-dealkylation sites (N-methyl/N-ethyl adjacent to an activating group) is 1. The minimum atomic E-state index is -3.64. The van der Waals surface area contributed by atoms with E-state index in [0.717, 1.165) is 10.6 Å². The van der Waals surface area contributed by atoms with Gasteiger partial charge >= 0.3 is 0 Å². The van der Waals surface area contributed by atoms with Crippen LogP contribution in [0.1, 0.15) is 35.8 Å². The van der Waals surface area contributed by atoms with Gasteiger partial charge in [0.15, 0.2) is 0 Å². The predicted octanol–water partition coefficient (Wildman–Crippen LogP) is 2.64. The lowest BCUT2D eigenvalue weighted by atomic mass is 10.1. The normalized spacial score (nSPS) is 12.6. The van der Waals surface area contributed by atoms with Crippen molar-refractivity contribution in [3.05, 3.63) is 65.7 Å². The summed E-state index contributed by atoms with van der Waals surface area (Å²) in [4.78, 5) is 25.6. The molecule has 29 heavy (non-hydrogen) atoms. The fourth-order valence-electron chi connectivity index (χ4n) is 2.74. The van der Waals surface area contributed by atoms with Gasteiger partial charge in [-0.05, 0) is 23.6 Å². The molecule has 0 saturated carbocycles. The maximum Gasteiger partial charge on any atom is 0.253 e. The van der Waals surface area contributed by atoms with Crippen LogP contribution >= 0.6 is 0 Å². The van der Waals surface area contributed by atoms with Crippen molar-refractivity contribution in [2.75, 3.05) is 25.2 Å². The summed E-state index contributed by atoms with van der Waals surface area (Å²) in [5.41, 5.74) is 1.16. The van der Waals surface area contributed by atoms with Crippen molar-refractivity contribution in [1.29, 1.82) is 0 Å². The van der Waals surface area contributed by atoms with Crippen LogP contribution in [0.4, 0.5) is 5.69 Å². The van der Waals surface area contributed by atoms with Crippen LogP contribution in [0.3, 0.4) is 0 Å². The summed E-state index contributed by atoms with van der Waals surface area (Å²) in [7, 11) is -2.28. The average molecular weight is 418 g/mol. The Morgan fingerprint density at radius 1 is 1.00 bits per heavy atom. The number of hydrogen-bond acceptors (Lipinski definition) is 4. The van der Waals surface area contributed by atoms with Gasteiger partial charge < -0.3 is 10.6 Å². The maximum atomic E-state index is 13.1. The Morgan fingerprint density at radius 3 is 2.17 bits per heavy atom. The predicted molar refractivity (Wildman–Crippen MR) is 114 cm³/mol. The molecule has 0 fully saturated rings. The molecule has 1 unspecified atom stereocenters. The van der Waals surface area contributed by atoms with Gasteiger partial charge in [-0.2, -0.15) is 4.31 Å². The molecule has 0 heterocycles. The number of carbonyl (C=O) groups excluding carboxylic acids is 2. The number of nitrogens with zero attached hydrogens (tertiary/aromatic N) is 1. The molecule has 0 aliphatic carbocycles. The van der Waals surface area contributed by atoms with Gasteiger partial charge in [-0.1, -0.05) is 56.3 Å². The lowest BCUT2D eigenvalue weighted by Crippen LogP contribution is -2.38. The van der Waals surface area contributed by atoms with Crippen LogP contribution in [0, 0.1) is 5.92 Å². The molecule has 2 N–H and O–H groups in total. The summed E-state index contributed by atoms with van der Waals surface area (Å²) in [5, 5.41) is 5.55. The number of nitrogens with one attached hydrogen (secondary N) is 2. The topological polar surface area (TPSA) is 95.6 Å². The Kier molecular flexibility index (Phi) is 7.53. The van der Waals surface area contributed by atoms with Gasteiger partial charge in [0.2, 0.25) is 15.9 Å². The average Bonchev–Trinajstić information content (AvgIpc) is 2.66. The van der Waals surface area contributed by atoms with Crippen molar-refractivity contribution < 1.29 is 18.0 Å². The molecular weight excluding hydrogens is 390 g/mol. The van der Waals surface area contributed by atoms with Crippen LogP contribution in [-0.4, -0.2) is 44.4 Å². The first-order valence-electron chi connectivity index (χ1n) is 9.27. The third-order valence-electron chi connectivity index (χ3n) is 4.35. The third-order valence-corrected chi connectivity index (χ3v) is 5.61. The van der Waals surface area contributed by atoms with E-state index in [4.69, 9.17) is 0 Å². The minimum absolute atomic E-state index is 0.284. The number of carbonyl (C=O) groups is 2. The van der Waals surface area contributed by atoms with Crippen molar-refractivity contribution in [3.8, 4) is 0 Å². The van der Waals surface area contributed by atoms with Gasteiger partial charge in [0, 0.05) is 13.6 Å². The van der Waals surface area contributed by atoms with Crippen molar-refractivity contribution in [2.45, 2.75) is 19.9 Å². The van der Waals surface area contributed by atoms with E-state index in [1.54, 1.807) is 54.6 Å². The number of para-hydroxylation sites is 1. The summed E-state index contributed by atoms with van der Waals surface area (Å²) >= 11 is 0. The molecule has 0 spiro atoms. The van der Waals surface area contributed by atoms with E-state index in [2.05, 4.69) is 10.6 Å². The Labute approximate surface area is 172 Å². The minimum Gasteiger partial charge on any atom is -0.352 e. The smallest absolute Gasteiger partial charge is 0.253 e. The van der Waals surface area contributed by atoms with E-state index in [1.165, 1.54) is 7.05 Å². The second-order valence-corrected chi connectivity index (χ2v) is 9.27. The molecule has 0 bridgehead atoms. The van der Waals surface area contributed by atoms with Crippen molar-refractivity contribution >= 4 is 27.5 Å². The zero-order valence-electron chi connectivity index (χ0n) is 17.0. The molecule has 0 saturated heterocycles. The van der Waals surface area contributed by atoms with Crippen molar-refractivity contribution in [2.24, 2.45) is 5.92 Å². The Bertz CT molecular complexity index is 959. The largest absolute Gasteiger partial charge is 0.352 e. The summed E-state index contributed by atoms with van der Waals surface area (Å²) < 4.78 is 25.2. The van der Waals surface area contributed by atoms with E-state index in [0.29, 0.717) is 23.4 Å². The van der Waals surface area contributed by atoms with Gasteiger partial charge in [-0.15, -0.1) is 0 Å². The second-order valence-electron chi connectivity index (χ2n) is 7.23. The monoisotopic (exact) mass is 417 g/mol. The zero-order chi connectivity index (χ0) is 21.6. The Balaban J connectivity index is 2.34. The van der Waals surface area contributed by atoms with E-state index in [9.17, 15) is 18.0 Å². The molecule has 0 aromatic heterocycles. The molecule has 2 aromatic carbocycles. The molecule has 2 amide bonds. The molecule has 8 heteroatoms. The lowest BCUT2D eigenvalue weighted by Gasteiger charge is -2.26. The summed E-state index contributed by atoms with van der Waals surface area (Å²) in [6, 6.07) is 14.2. The molecular formula is C21H27N3O4S. The second kappa shape index (κ2) is 9.67. The highest BCUT2D eigenvalue weighted by molar-refractivity contribution is 7.88. The molecule has 2 rings (SSSR count). The van der Waals surface area contributed by atoms with Crippen LogP contribution in [0.25, 0.3) is 0 Å². The molecule has 0 radical (unpaired) electrons. The van der Waals surface area contributed by atoms with E-state index >= 15 is 0 Å². The van der Waals surface area contributed by atoms with Gasteiger partial charge in [-0.3, -0.25) is 9.59 Å². The van der Waals surface area contributed by atoms with Crippen molar-refractivity contribution in [1.82, 2.24) is 9.62 Å². The lowest BCUT2D eigenvalue weighted by molar-refractivity contribution is -0.119. The fourth-order valence-corrected chi connectivity index (χ4v) is 3.34. The zero-order valence-corrected chi connectivity index (χ0v) is 17.9. The molecule has 1 atom stereocenters. The number of rotatable bonds is 8. The number of benzene rings is 2. The van der Waals surface area contributed by atoms with E-state index in [1.807, 2.05) is 13.8 Å². The molecule has 7 nitrogen and oxygen atoms in total. The van der Waals surface area contributed by atoms with Gasteiger partial charge in [-0.25, -0.2) is 8.42 Å². The molecule has 0 aliphatic heterocycles. The number of anilines is 1. The Hall–Kier alpha value is -2.71. The number of amides is 2. The van der Waals surface area contributed by atoms with Gasteiger partial charge in [0.25, 0.3) is 5.91 Å². The SMILES string of the molecule is CC(C)CNC(=O)c1ccccc1NC(=O)C(c1ccccc1)N(C)S(C)(=O)=O. The summed E-state index contributed by atoms with van der Waals surface area (Å²) in [6.45, 7) is 4.48. The fraction of sp³-hybridized carbons (Fsp3) is 0.333. The highest BCUT2D eigenvalue weighted by Crippen LogP contribution is 2.25. The summed E-state index contributed by atoms with van der Waals surface area (Å²) in [6.07, 6.45) is 1.05.